The topological polar surface area (TPSA) is 94.4 Å². The number of nitrogens with zero attached hydrogens (tertiary/aromatic N) is 1. The SMILES string of the molecule is C=CC(c1ccccc1)c1nc2[nH]c(=O)[nH]c(=O)c2[nH]1. The van der Waals surface area contributed by atoms with Gasteiger partial charge in [-0.3, -0.25) is 14.8 Å². The Hall–Kier alpha value is -2.89. The van der Waals surface area contributed by atoms with Gasteiger partial charge in [-0.05, 0) is 5.56 Å². The molecular weight excluding hydrogens is 256 g/mol. The van der Waals surface area contributed by atoms with Gasteiger partial charge in [0.2, 0.25) is 0 Å². The number of aromatic nitrogens is 4. The third-order valence-electron chi connectivity index (χ3n) is 3.10. The Balaban J connectivity index is 2.19. The zero-order chi connectivity index (χ0) is 14.1. The highest BCUT2D eigenvalue weighted by Crippen LogP contribution is 2.23. The second-order valence-electron chi connectivity index (χ2n) is 4.38. The van der Waals surface area contributed by atoms with Crippen LogP contribution in [0.25, 0.3) is 11.2 Å². The molecule has 0 saturated heterocycles. The molecule has 2 aromatic heterocycles. The molecule has 6 heteroatoms. The number of nitrogens with one attached hydrogen (secondary N) is 3. The Morgan fingerprint density at radius 2 is 1.85 bits per heavy atom. The first-order valence-corrected chi connectivity index (χ1v) is 6.09. The van der Waals surface area contributed by atoms with E-state index in [4.69, 9.17) is 0 Å². The van der Waals surface area contributed by atoms with E-state index >= 15 is 0 Å². The molecule has 0 aliphatic rings. The summed E-state index contributed by atoms with van der Waals surface area (Å²) in [7, 11) is 0. The number of H-pyrrole nitrogens is 3. The zero-order valence-corrected chi connectivity index (χ0v) is 10.5. The van der Waals surface area contributed by atoms with Crippen LogP contribution in [0, 0.1) is 0 Å². The first kappa shape index (κ1) is 12.2. The Labute approximate surface area is 113 Å². The largest absolute Gasteiger partial charge is 0.335 e. The van der Waals surface area contributed by atoms with Crippen LogP contribution < -0.4 is 11.2 Å². The highest BCUT2D eigenvalue weighted by Gasteiger charge is 2.16. The van der Waals surface area contributed by atoms with E-state index in [1.54, 1.807) is 6.08 Å². The molecule has 1 aromatic carbocycles. The van der Waals surface area contributed by atoms with Gasteiger partial charge in [0.25, 0.3) is 5.56 Å². The molecular formula is C14H12N4O2. The number of hydrogen-bond donors (Lipinski definition) is 3. The minimum absolute atomic E-state index is 0.175. The minimum Gasteiger partial charge on any atom is -0.335 e. The second kappa shape index (κ2) is 4.65. The summed E-state index contributed by atoms with van der Waals surface area (Å²) in [4.78, 5) is 34.8. The van der Waals surface area contributed by atoms with Crippen molar-refractivity contribution in [3.8, 4) is 0 Å². The highest BCUT2D eigenvalue weighted by atomic mass is 16.2. The fraction of sp³-hybridized carbons (Fsp3) is 0.0714. The van der Waals surface area contributed by atoms with Crippen molar-refractivity contribution < 1.29 is 0 Å². The van der Waals surface area contributed by atoms with E-state index in [9.17, 15) is 9.59 Å². The van der Waals surface area contributed by atoms with Crippen molar-refractivity contribution in [2.24, 2.45) is 0 Å². The van der Waals surface area contributed by atoms with E-state index < -0.39 is 11.2 Å². The average molecular weight is 268 g/mol. The van der Waals surface area contributed by atoms with E-state index in [-0.39, 0.29) is 17.1 Å². The summed E-state index contributed by atoms with van der Waals surface area (Å²) in [5, 5.41) is 0. The average Bonchev–Trinajstić information content (AvgIpc) is 2.84. The molecule has 20 heavy (non-hydrogen) atoms. The van der Waals surface area contributed by atoms with E-state index in [0.717, 1.165) is 5.56 Å². The number of benzene rings is 1. The van der Waals surface area contributed by atoms with E-state index in [1.165, 1.54) is 0 Å². The van der Waals surface area contributed by atoms with Gasteiger partial charge in [-0.2, -0.15) is 0 Å². The van der Waals surface area contributed by atoms with Crippen LogP contribution in [0.1, 0.15) is 17.3 Å². The van der Waals surface area contributed by atoms with Crippen molar-refractivity contribution >= 4 is 11.2 Å². The van der Waals surface area contributed by atoms with Gasteiger partial charge < -0.3 is 4.98 Å². The summed E-state index contributed by atoms with van der Waals surface area (Å²) < 4.78 is 0. The molecule has 0 bridgehead atoms. The van der Waals surface area contributed by atoms with Crippen molar-refractivity contribution in [1.29, 1.82) is 0 Å². The molecule has 0 aliphatic heterocycles. The Morgan fingerprint density at radius 1 is 1.10 bits per heavy atom. The number of imidazole rings is 1. The molecule has 3 rings (SSSR count). The number of hydrogen-bond acceptors (Lipinski definition) is 3. The highest BCUT2D eigenvalue weighted by molar-refractivity contribution is 5.69. The van der Waals surface area contributed by atoms with E-state index in [2.05, 4.69) is 26.5 Å². The van der Waals surface area contributed by atoms with Crippen LogP contribution in [0.3, 0.4) is 0 Å². The summed E-state index contributed by atoms with van der Waals surface area (Å²) in [6.45, 7) is 3.81. The van der Waals surface area contributed by atoms with Crippen molar-refractivity contribution in [3.05, 3.63) is 75.2 Å². The molecule has 1 atom stereocenters. The van der Waals surface area contributed by atoms with Crippen LogP contribution in [-0.2, 0) is 0 Å². The number of rotatable bonds is 3. The quantitative estimate of drug-likeness (QED) is 0.624. The fourth-order valence-electron chi connectivity index (χ4n) is 2.16. The van der Waals surface area contributed by atoms with Gasteiger partial charge in [0.15, 0.2) is 5.65 Å². The fourth-order valence-corrected chi connectivity index (χ4v) is 2.16. The van der Waals surface area contributed by atoms with Crippen LogP contribution in [0.2, 0.25) is 0 Å². The van der Waals surface area contributed by atoms with Crippen LogP contribution in [-0.4, -0.2) is 19.9 Å². The lowest BCUT2D eigenvalue weighted by Gasteiger charge is -2.09. The first-order chi connectivity index (χ1) is 9.69. The normalized spacial score (nSPS) is 12.4. The van der Waals surface area contributed by atoms with E-state index in [0.29, 0.717) is 5.82 Å². The molecule has 1 unspecified atom stereocenters. The Bertz CT molecular complexity index is 873. The lowest BCUT2D eigenvalue weighted by Crippen LogP contribution is -2.21. The Kier molecular flexibility index (Phi) is 2.83. The molecule has 2 heterocycles. The predicted molar refractivity (Wildman–Crippen MR) is 75.8 cm³/mol. The van der Waals surface area contributed by atoms with Crippen LogP contribution in [0.5, 0.6) is 0 Å². The van der Waals surface area contributed by atoms with Crippen LogP contribution in [0.15, 0.2) is 52.6 Å². The third-order valence-corrected chi connectivity index (χ3v) is 3.10. The molecule has 0 saturated carbocycles. The zero-order valence-electron chi connectivity index (χ0n) is 10.5. The van der Waals surface area contributed by atoms with Crippen LogP contribution >= 0.6 is 0 Å². The van der Waals surface area contributed by atoms with Gasteiger partial charge in [0, 0.05) is 0 Å². The van der Waals surface area contributed by atoms with Gasteiger partial charge in [-0.15, -0.1) is 6.58 Å². The lowest BCUT2D eigenvalue weighted by molar-refractivity contribution is 0.924. The molecule has 0 radical (unpaired) electrons. The molecule has 0 aliphatic carbocycles. The van der Waals surface area contributed by atoms with Gasteiger partial charge >= 0.3 is 5.69 Å². The van der Waals surface area contributed by atoms with E-state index in [1.807, 2.05) is 30.3 Å². The second-order valence-corrected chi connectivity index (χ2v) is 4.38. The van der Waals surface area contributed by atoms with Gasteiger partial charge in [0.05, 0.1) is 5.92 Å². The molecule has 3 aromatic rings. The summed E-state index contributed by atoms with van der Waals surface area (Å²) in [6.07, 6.45) is 1.74. The van der Waals surface area contributed by atoms with Gasteiger partial charge in [0.1, 0.15) is 11.3 Å². The minimum atomic E-state index is -0.574. The van der Waals surface area contributed by atoms with Gasteiger partial charge in [-0.25, -0.2) is 9.78 Å². The summed E-state index contributed by atoms with van der Waals surface area (Å²) in [6, 6.07) is 9.66. The molecule has 3 N–H and O–H groups in total. The van der Waals surface area contributed by atoms with Crippen molar-refractivity contribution in [1.82, 2.24) is 19.9 Å². The molecule has 0 fully saturated rings. The van der Waals surface area contributed by atoms with Crippen molar-refractivity contribution in [2.45, 2.75) is 5.92 Å². The first-order valence-electron chi connectivity index (χ1n) is 6.09. The maximum absolute atomic E-state index is 11.7. The number of aromatic amines is 3. The molecule has 0 spiro atoms. The summed E-state index contributed by atoms with van der Waals surface area (Å²) in [5.74, 6) is 0.389. The lowest BCUT2D eigenvalue weighted by atomic mass is 9.99. The Morgan fingerprint density at radius 3 is 2.55 bits per heavy atom. The smallest absolute Gasteiger partial charge is 0.327 e. The number of fused-ring (bicyclic) bond motifs is 1. The van der Waals surface area contributed by atoms with Crippen molar-refractivity contribution in [2.75, 3.05) is 0 Å². The van der Waals surface area contributed by atoms with Gasteiger partial charge in [-0.1, -0.05) is 36.4 Å². The monoisotopic (exact) mass is 268 g/mol. The maximum Gasteiger partial charge on any atom is 0.327 e. The molecule has 0 amide bonds. The molecule has 6 nitrogen and oxygen atoms in total. The predicted octanol–water partition coefficient (Wildman–Crippen LogP) is 1.26. The third kappa shape index (κ3) is 1.97. The maximum atomic E-state index is 11.7. The summed E-state index contributed by atoms with van der Waals surface area (Å²) in [5.41, 5.74) is 0.438. The molecule has 100 valence electrons. The van der Waals surface area contributed by atoms with Crippen molar-refractivity contribution in [3.63, 3.8) is 0 Å². The number of allylic oxidation sites excluding steroid dienone is 1. The summed E-state index contributed by atoms with van der Waals surface area (Å²) >= 11 is 0. The van der Waals surface area contributed by atoms with Crippen LogP contribution in [0.4, 0.5) is 0 Å². The standard InChI is InChI=1S/C14H12N4O2/c1-2-9(8-6-4-3-5-7-8)11-15-10-12(16-11)17-14(20)18-13(10)19/h2-7,9H,1H2,(H3,15,16,17,18,19,20).